The predicted octanol–water partition coefficient (Wildman–Crippen LogP) is 0.777. The molecule has 0 spiro atoms. The van der Waals surface area contributed by atoms with Gasteiger partial charge in [-0.25, -0.2) is 4.79 Å². The van der Waals surface area contributed by atoms with Crippen LogP contribution in [0.15, 0.2) is 0 Å². The van der Waals surface area contributed by atoms with Gasteiger partial charge in [-0.2, -0.15) is 0 Å². The van der Waals surface area contributed by atoms with Crippen LogP contribution in [0.3, 0.4) is 0 Å². The van der Waals surface area contributed by atoms with Crippen molar-refractivity contribution in [3.63, 3.8) is 0 Å². The van der Waals surface area contributed by atoms with Crippen LogP contribution in [0.2, 0.25) is 0 Å². The molecule has 0 aliphatic heterocycles. The Labute approximate surface area is 71.7 Å². The first kappa shape index (κ1) is 9.32. The summed E-state index contributed by atoms with van der Waals surface area (Å²) in [7, 11) is 0. The minimum atomic E-state index is -0.684. The number of rotatable bonds is 5. The van der Waals surface area contributed by atoms with E-state index in [2.05, 4.69) is 0 Å². The van der Waals surface area contributed by atoms with Gasteiger partial charge in [-0.3, -0.25) is 0 Å². The molecule has 70 valence electrons. The summed E-state index contributed by atoms with van der Waals surface area (Å²) in [6.07, 6.45) is 3.64. The predicted molar refractivity (Wildman–Crippen MR) is 43.6 cm³/mol. The Morgan fingerprint density at radius 2 is 2.17 bits per heavy atom. The minimum absolute atomic E-state index is 0.201. The highest BCUT2D eigenvalue weighted by Gasteiger charge is 2.45. The summed E-state index contributed by atoms with van der Waals surface area (Å²) in [5.74, 6) is 0. The number of hydrogen-bond donors (Lipinski definition) is 2. The number of aliphatic hydroxyl groups is 1. The van der Waals surface area contributed by atoms with E-state index in [1.165, 1.54) is 0 Å². The molecule has 3 N–H and O–H groups in total. The van der Waals surface area contributed by atoms with Crippen LogP contribution < -0.4 is 5.73 Å². The molecular weight excluding hydrogens is 158 g/mol. The number of carbonyl (C=O) groups is 1. The molecule has 0 unspecified atom stereocenters. The summed E-state index contributed by atoms with van der Waals surface area (Å²) >= 11 is 0. The highest BCUT2D eigenvalue weighted by atomic mass is 16.6. The zero-order chi connectivity index (χ0) is 9.03. The van der Waals surface area contributed by atoms with Crippen molar-refractivity contribution < 1.29 is 14.6 Å². The molecule has 0 saturated heterocycles. The molecule has 0 aromatic heterocycles. The van der Waals surface area contributed by atoms with Crippen molar-refractivity contribution in [3.05, 3.63) is 0 Å². The summed E-state index contributed by atoms with van der Waals surface area (Å²) in [4.78, 5) is 10.4. The number of primary amides is 1. The summed E-state index contributed by atoms with van der Waals surface area (Å²) in [5, 5.41) is 8.53. The van der Waals surface area contributed by atoms with Crippen molar-refractivity contribution in [1.82, 2.24) is 0 Å². The van der Waals surface area contributed by atoms with Gasteiger partial charge >= 0.3 is 6.09 Å². The molecule has 1 fully saturated rings. The van der Waals surface area contributed by atoms with Crippen molar-refractivity contribution in [1.29, 1.82) is 0 Å². The third-order valence-corrected chi connectivity index (χ3v) is 2.17. The van der Waals surface area contributed by atoms with E-state index in [4.69, 9.17) is 15.6 Å². The number of ether oxygens (including phenoxy) is 1. The second-order valence-corrected chi connectivity index (χ2v) is 3.28. The smallest absolute Gasteiger partial charge is 0.405 e. The van der Waals surface area contributed by atoms with Crippen LogP contribution in [0.1, 0.15) is 32.1 Å². The average molecular weight is 173 g/mol. The Kier molecular flexibility index (Phi) is 2.92. The molecule has 1 aliphatic rings. The largest absolute Gasteiger partial charge is 0.443 e. The number of carbonyl (C=O) groups excluding carboxylic acids is 1. The molecule has 1 rings (SSSR count). The average Bonchev–Trinajstić information content (AvgIpc) is 2.69. The standard InChI is InChI=1S/C8H15NO3/c9-7(11)12-8(4-5-8)3-1-2-6-10/h10H,1-6H2,(H2,9,11). The molecule has 0 heterocycles. The van der Waals surface area contributed by atoms with E-state index in [1.807, 2.05) is 0 Å². The molecule has 4 nitrogen and oxygen atoms in total. The van der Waals surface area contributed by atoms with Gasteiger partial charge in [-0.05, 0) is 32.1 Å². The fourth-order valence-electron chi connectivity index (χ4n) is 1.31. The van der Waals surface area contributed by atoms with Crippen LogP contribution in [0.5, 0.6) is 0 Å². The molecule has 0 aromatic rings. The SMILES string of the molecule is NC(=O)OC1(CCCCO)CC1. The number of nitrogens with two attached hydrogens (primary N) is 1. The lowest BCUT2D eigenvalue weighted by Gasteiger charge is -2.13. The van der Waals surface area contributed by atoms with Crippen LogP contribution >= 0.6 is 0 Å². The van der Waals surface area contributed by atoms with Gasteiger partial charge in [0.2, 0.25) is 0 Å². The van der Waals surface area contributed by atoms with Gasteiger partial charge in [0.25, 0.3) is 0 Å². The number of hydrogen-bond acceptors (Lipinski definition) is 3. The highest BCUT2D eigenvalue weighted by Crippen LogP contribution is 2.43. The third kappa shape index (κ3) is 2.70. The van der Waals surface area contributed by atoms with Crippen molar-refractivity contribution in [3.8, 4) is 0 Å². The lowest BCUT2D eigenvalue weighted by molar-refractivity contribution is 0.0824. The maximum Gasteiger partial charge on any atom is 0.405 e. The molecule has 0 radical (unpaired) electrons. The fourth-order valence-corrected chi connectivity index (χ4v) is 1.31. The summed E-state index contributed by atoms with van der Waals surface area (Å²) in [6, 6.07) is 0. The van der Waals surface area contributed by atoms with Crippen LogP contribution in [0.25, 0.3) is 0 Å². The van der Waals surface area contributed by atoms with E-state index in [-0.39, 0.29) is 12.2 Å². The molecule has 0 aromatic carbocycles. The first-order chi connectivity index (χ1) is 5.68. The first-order valence-electron chi connectivity index (χ1n) is 4.28. The van der Waals surface area contributed by atoms with E-state index < -0.39 is 6.09 Å². The third-order valence-electron chi connectivity index (χ3n) is 2.17. The summed E-state index contributed by atoms with van der Waals surface area (Å²) in [5.41, 5.74) is 4.65. The maximum atomic E-state index is 10.4. The van der Waals surface area contributed by atoms with E-state index >= 15 is 0 Å². The maximum absolute atomic E-state index is 10.4. The second-order valence-electron chi connectivity index (χ2n) is 3.28. The van der Waals surface area contributed by atoms with Crippen molar-refractivity contribution >= 4 is 6.09 Å². The van der Waals surface area contributed by atoms with Gasteiger partial charge in [-0.15, -0.1) is 0 Å². The van der Waals surface area contributed by atoms with Gasteiger partial charge in [0.1, 0.15) is 5.60 Å². The van der Waals surface area contributed by atoms with Gasteiger partial charge < -0.3 is 15.6 Å². The lowest BCUT2D eigenvalue weighted by Crippen LogP contribution is -2.24. The molecule has 1 saturated carbocycles. The molecule has 0 atom stereocenters. The Morgan fingerprint density at radius 1 is 1.50 bits per heavy atom. The minimum Gasteiger partial charge on any atom is -0.443 e. The number of amides is 1. The first-order valence-corrected chi connectivity index (χ1v) is 4.28. The van der Waals surface area contributed by atoms with Crippen LogP contribution in [-0.2, 0) is 4.74 Å². The zero-order valence-electron chi connectivity index (χ0n) is 7.08. The highest BCUT2D eigenvalue weighted by molar-refractivity contribution is 5.65. The van der Waals surface area contributed by atoms with Crippen molar-refractivity contribution in [2.75, 3.05) is 6.61 Å². The van der Waals surface area contributed by atoms with E-state index in [0.717, 1.165) is 32.1 Å². The normalized spacial score (nSPS) is 18.8. The van der Waals surface area contributed by atoms with Crippen LogP contribution in [0.4, 0.5) is 4.79 Å². The molecule has 1 aliphatic carbocycles. The van der Waals surface area contributed by atoms with Gasteiger partial charge in [-0.1, -0.05) is 0 Å². The quantitative estimate of drug-likeness (QED) is 0.603. The van der Waals surface area contributed by atoms with Crippen LogP contribution in [0, 0.1) is 0 Å². The van der Waals surface area contributed by atoms with Crippen molar-refractivity contribution in [2.45, 2.75) is 37.7 Å². The number of aliphatic hydroxyl groups excluding tert-OH is 1. The Bertz CT molecular complexity index is 166. The van der Waals surface area contributed by atoms with Gasteiger partial charge in [0.15, 0.2) is 0 Å². The molecule has 1 amide bonds. The van der Waals surface area contributed by atoms with Crippen molar-refractivity contribution in [2.24, 2.45) is 5.73 Å². The summed E-state index contributed by atoms with van der Waals surface area (Å²) in [6.45, 7) is 0.201. The van der Waals surface area contributed by atoms with E-state index in [1.54, 1.807) is 0 Å². The fraction of sp³-hybridized carbons (Fsp3) is 0.875. The Hall–Kier alpha value is -0.770. The number of unbranched alkanes of at least 4 members (excludes halogenated alkanes) is 1. The van der Waals surface area contributed by atoms with Crippen LogP contribution in [-0.4, -0.2) is 23.4 Å². The Morgan fingerprint density at radius 3 is 2.58 bits per heavy atom. The van der Waals surface area contributed by atoms with E-state index in [9.17, 15) is 4.79 Å². The zero-order valence-corrected chi connectivity index (χ0v) is 7.08. The van der Waals surface area contributed by atoms with E-state index in [0.29, 0.717) is 0 Å². The molecular formula is C8H15NO3. The summed E-state index contributed by atoms with van der Waals surface area (Å²) < 4.78 is 4.95. The molecule has 0 bridgehead atoms. The lowest BCUT2D eigenvalue weighted by atomic mass is 10.1. The molecule has 4 heteroatoms. The second kappa shape index (κ2) is 3.76. The van der Waals surface area contributed by atoms with Gasteiger partial charge in [0.05, 0.1) is 0 Å². The Balaban J connectivity index is 2.16. The monoisotopic (exact) mass is 173 g/mol. The topological polar surface area (TPSA) is 72.6 Å². The van der Waals surface area contributed by atoms with Gasteiger partial charge in [0, 0.05) is 6.61 Å². The molecule has 12 heavy (non-hydrogen) atoms.